The second kappa shape index (κ2) is 8.62. The van der Waals surface area contributed by atoms with Crippen molar-refractivity contribution < 1.29 is 12.8 Å². The predicted octanol–water partition coefficient (Wildman–Crippen LogP) is 3.97. The van der Waals surface area contributed by atoms with E-state index < -0.39 is 10.0 Å². The number of rotatable bonds is 6. The molecular formula is C23H32N2O3S. The van der Waals surface area contributed by atoms with Gasteiger partial charge in [0.05, 0.1) is 4.90 Å². The first kappa shape index (κ1) is 20.6. The number of fused-ring (bicyclic) bond motifs is 1. The zero-order valence-corrected chi connectivity index (χ0v) is 18.4. The molecule has 2 aromatic rings. The molecule has 0 radical (unpaired) electrons. The van der Waals surface area contributed by atoms with Crippen molar-refractivity contribution in [3.63, 3.8) is 0 Å². The molecule has 1 N–H and O–H groups in total. The van der Waals surface area contributed by atoms with Gasteiger partial charge in [-0.25, -0.2) is 13.1 Å². The Kier molecular flexibility index (Phi) is 6.13. The van der Waals surface area contributed by atoms with Crippen LogP contribution in [0.1, 0.15) is 53.9 Å². The van der Waals surface area contributed by atoms with Crippen LogP contribution in [0.2, 0.25) is 0 Å². The van der Waals surface area contributed by atoms with E-state index in [1.54, 1.807) is 6.07 Å². The summed E-state index contributed by atoms with van der Waals surface area (Å²) >= 11 is 0. The standard InChI is InChI=1S/C23H32N2O3S/c1-17-13-22(18(2)28-17)16-25-11-9-19(10-12-25)15-24-29(26,27)23-8-7-20-5-3-4-6-21(20)14-23/h7-8,13-14,19,24H,3-6,9-12,15-16H2,1-2H3. The smallest absolute Gasteiger partial charge is 0.240 e. The summed E-state index contributed by atoms with van der Waals surface area (Å²) in [6.07, 6.45) is 6.45. The fourth-order valence-electron chi connectivity index (χ4n) is 4.62. The third kappa shape index (κ3) is 4.93. The third-order valence-corrected chi connectivity index (χ3v) is 7.86. The maximum Gasteiger partial charge on any atom is 0.240 e. The van der Waals surface area contributed by atoms with Gasteiger partial charge >= 0.3 is 0 Å². The number of nitrogens with one attached hydrogen (secondary N) is 1. The number of aryl methyl sites for hydroxylation is 4. The van der Waals surface area contributed by atoms with Crippen LogP contribution in [0.4, 0.5) is 0 Å². The highest BCUT2D eigenvalue weighted by molar-refractivity contribution is 7.89. The molecule has 2 aliphatic rings. The maximum absolute atomic E-state index is 12.8. The van der Waals surface area contributed by atoms with Gasteiger partial charge in [0.25, 0.3) is 0 Å². The van der Waals surface area contributed by atoms with Crippen molar-refractivity contribution in [3.8, 4) is 0 Å². The molecule has 1 saturated heterocycles. The molecule has 0 saturated carbocycles. The van der Waals surface area contributed by atoms with E-state index in [2.05, 4.69) is 15.7 Å². The molecule has 1 aromatic heterocycles. The summed E-state index contributed by atoms with van der Waals surface area (Å²) in [5.74, 6) is 2.36. The van der Waals surface area contributed by atoms with E-state index >= 15 is 0 Å². The maximum atomic E-state index is 12.8. The molecule has 1 aliphatic carbocycles. The second-order valence-corrected chi connectivity index (χ2v) is 10.4. The molecule has 1 fully saturated rings. The van der Waals surface area contributed by atoms with Crippen molar-refractivity contribution in [2.45, 2.75) is 63.8 Å². The number of sulfonamides is 1. The summed E-state index contributed by atoms with van der Waals surface area (Å²) in [4.78, 5) is 2.85. The fraction of sp³-hybridized carbons (Fsp3) is 0.565. The Hall–Kier alpha value is -1.63. The minimum absolute atomic E-state index is 0.394. The quantitative estimate of drug-likeness (QED) is 0.774. The highest BCUT2D eigenvalue weighted by atomic mass is 32.2. The summed E-state index contributed by atoms with van der Waals surface area (Å²) in [5, 5.41) is 0. The zero-order chi connectivity index (χ0) is 20.4. The topological polar surface area (TPSA) is 62.6 Å². The number of furan rings is 1. The molecule has 0 spiro atoms. The van der Waals surface area contributed by atoms with Gasteiger partial charge in [-0.2, -0.15) is 0 Å². The Morgan fingerprint density at radius 1 is 1.07 bits per heavy atom. The van der Waals surface area contributed by atoms with Crippen LogP contribution in [0.5, 0.6) is 0 Å². The van der Waals surface area contributed by atoms with Crippen LogP contribution in [-0.2, 0) is 29.4 Å². The van der Waals surface area contributed by atoms with Gasteiger partial charge in [0, 0.05) is 18.7 Å². The first-order valence-corrected chi connectivity index (χ1v) is 12.3. The van der Waals surface area contributed by atoms with Crippen LogP contribution < -0.4 is 4.72 Å². The largest absolute Gasteiger partial charge is 0.466 e. The lowest BCUT2D eigenvalue weighted by Crippen LogP contribution is -2.38. The third-order valence-electron chi connectivity index (χ3n) is 6.44. The molecule has 29 heavy (non-hydrogen) atoms. The lowest BCUT2D eigenvalue weighted by Gasteiger charge is -2.31. The molecule has 1 aliphatic heterocycles. The van der Waals surface area contributed by atoms with Gasteiger partial charge < -0.3 is 4.42 Å². The first-order chi connectivity index (χ1) is 13.9. The summed E-state index contributed by atoms with van der Waals surface area (Å²) in [5.41, 5.74) is 3.77. The minimum Gasteiger partial charge on any atom is -0.466 e. The lowest BCUT2D eigenvalue weighted by molar-refractivity contribution is 0.178. The molecule has 158 valence electrons. The van der Waals surface area contributed by atoms with E-state index in [1.165, 1.54) is 23.1 Å². The van der Waals surface area contributed by atoms with Crippen LogP contribution in [0.15, 0.2) is 33.6 Å². The molecule has 5 nitrogen and oxygen atoms in total. The van der Waals surface area contributed by atoms with Crippen LogP contribution in [-0.4, -0.2) is 33.0 Å². The van der Waals surface area contributed by atoms with E-state index in [1.807, 2.05) is 26.0 Å². The molecule has 0 unspecified atom stereocenters. The molecule has 6 heteroatoms. The lowest BCUT2D eigenvalue weighted by atomic mass is 9.92. The Bertz CT molecular complexity index is 956. The Morgan fingerprint density at radius 2 is 1.79 bits per heavy atom. The SMILES string of the molecule is Cc1cc(CN2CCC(CNS(=O)(=O)c3ccc4c(c3)CCCC4)CC2)c(C)o1. The van der Waals surface area contributed by atoms with Crippen molar-refractivity contribution >= 4 is 10.0 Å². The normalized spacial score (nSPS) is 18.7. The minimum atomic E-state index is -3.43. The highest BCUT2D eigenvalue weighted by Gasteiger charge is 2.23. The van der Waals surface area contributed by atoms with Gasteiger partial charge in [0.2, 0.25) is 10.0 Å². The van der Waals surface area contributed by atoms with E-state index in [0.717, 1.165) is 63.3 Å². The number of hydrogen-bond acceptors (Lipinski definition) is 4. The zero-order valence-electron chi connectivity index (χ0n) is 17.5. The van der Waals surface area contributed by atoms with Crippen molar-refractivity contribution in [3.05, 3.63) is 52.5 Å². The average Bonchev–Trinajstić information content (AvgIpc) is 3.04. The molecule has 1 aromatic carbocycles. The monoisotopic (exact) mass is 416 g/mol. The number of hydrogen-bond donors (Lipinski definition) is 1. The molecule has 0 atom stereocenters. The molecule has 0 bridgehead atoms. The number of piperidine rings is 1. The van der Waals surface area contributed by atoms with E-state index in [-0.39, 0.29) is 0 Å². The molecular weight excluding hydrogens is 384 g/mol. The average molecular weight is 417 g/mol. The van der Waals surface area contributed by atoms with Gasteiger partial charge in [0.15, 0.2) is 0 Å². The summed E-state index contributed by atoms with van der Waals surface area (Å²) in [7, 11) is -3.43. The Labute approximate surface area is 174 Å². The van der Waals surface area contributed by atoms with Crippen LogP contribution in [0.25, 0.3) is 0 Å². The van der Waals surface area contributed by atoms with E-state index in [0.29, 0.717) is 17.4 Å². The Balaban J connectivity index is 1.29. The van der Waals surface area contributed by atoms with Crippen LogP contribution in [0.3, 0.4) is 0 Å². The number of likely N-dealkylation sites (tertiary alicyclic amines) is 1. The van der Waals surface area contributed by atoms with E-state index in [9.17, 15) is 8.42 Å². The second-order valence-electron chi connectivity index (χ2n) is 8.65. The van der Waals surface area contributed by atoms with Gasteiger partial charge in [-0.1, -0.05) is 6.07 Å². The predicted molar refractivity (Wildman–Crippen MR) is 114 cm³/mol. The van der Waals surface area contributed by atoms with Gasteiger partial charge in [-0.15, -0.1) is 0 Å². The summed E-state index contributed by atoms with van der Waals surface area (Å²) < 4.78 is 34.0. The van der Waals surface area contributed by atoms with Crippen LogP contribution in [0, 0.1) is 19.8 Å². The van der Waals surface area contributed by atoms with Gasteiger partial charge in [0.1, 0.15) is 11.5 Å². The van der Waals surface area contributed by atoms with Crippen molar-refractivity contribution in [2.24, 2.45) is 5.92 Å². The number of nitrogens with zero attached hydrogens (tertiary/aromatic N) is 1. The summed E-state index contributed by atoms with van der Waals surface area (Å²) in [6.45, 7) is 7.43. The van der Waals surface area contributed by atoms with Gasteiger partial charge in [-0.05, 0) is 101 Å². The van der Waals surface area contributed by atoms with Crippen LogP contribution >= 0.6 is 0 Å². The van der Waals surface area contributed by atoms with Gasteiger partial charge in [-0.3, -0.25) is 4.90 Å². The molecule has 0 amide bonds. The Morgan fingerprint density at radius 3 is 2.48 bits per heavy atom. The molecule has 4 rings (SSSR count). The highest BCUT2D eigenvalue weighted by Crippen LogP contribution is 2.25. The van der Waals surface area contributed by atoms with Crippen molar-refractivity contribution in [1.82, 2.24) is 9.62 Å². The van der Waals surface area contributed by atoms with E-state index in [4.69, 9.17) is 4.42 Å². The summed E-state index contributed by atoms with van der Waals surface area (Å²) in [6, 6.07) is 7.77. The number of benzene rings is 1. The first-order valence-electron chi connectivity index (χ1n) is 10.8. The van der Waals surface area contributed by atoms with Crippen molar-refractivity contribution in [1.29, 1.82) is 0 Å². The molecule has 2 heterocycles. The van der Waals surface area contributed by atoms with Crippen molar-refractivity contribution in [2.75, 3.05) is 19.6 Å². The fourth-order valence-corrected chi connectivity index (χ4v) is 5.78.